The average Bonchev–Trinajstić information content (AvgIpc) is 2.82. The maximum absolute atomic E-state index is 12.5. The highest BCUT2D eigenvalue weighted by molar-refractivity contribution is 7.99. The molecule has 1 atom stereocenters. The first kappa shape index (κ1) is 14.0. The van der Waals surface area contributed by atoms with Crippen LogP contribution in [0, 0.1) is 5.92 Å². The van der Waals surface area contributed by atoms with Crippen LogP contribution in [0.4, 0.5) is 13.2 Å². The van der Waals surface area contributed by atoms with Crippen molar-refractivity contribution in [2.75, 3.05) is 11.6 Å². The Morgan fingerprint density at radius 2 is 1.89 bits per heavy atom. The topological polar surface area (TPSA) is 41.1 Å². The van der Waals surface area contributed by atoms with E-state index in [1.807, 2.05) is 0 Å². The molecule has 7 heteroatoms. The van der Waals surface area contributed by atoms with E-state index in [1.165, 1.54) is 0 Å². The number of alkyl halides is 3. The Morgan fingerprint density at radius 1 is 1.22 bits per heavy atom. The Labute approximate surface area is 108 Å². The van der Waals surface area contributed by atoms with Crippen LogP contribution in [0.5, 0.6) is 0 Å². The number of carbonyl (C=O) groups is 1. The van der Waals surface area contributed by atoms with Gasteiger partial charge in [0.05, 0.1) is 12.0 Å². The molecule has 1 saturated heterocycles. The van der Waals surface area contributed by atoms with Gasteiger partial charge in [-0.05, 0) is 25.7 Å². The summed E-state index contributed by atoms with van der Waals surface area (Å²) in [7, 11) is 0. The van der Waals surface area contributed by atoms with Crippen molar-refractivity contribution in [2.45, 2.75) is 43.9 Å². The van der Waals surface area contributed by atoms with Gasteiger partial charge in [0.15, 0.2) is 0 Å². The quantitative estimate of drug-likeness (QED) is 0.812. The van der Waals surface area contributed by atoms with Gasteiger partial charge in [-0.25, -0.2) is 0 Å². The van der Waals surface area contributed by atoms with E-state index >= 15 is 0 Å². The molecule has 2 aliphatic rings. The van der Waals surface area contributed by atoms with E-state index in [0.29, 0.717) is 12.8 Å². The van der Waals surface area contributed by atoms with Crippen molar-refractivity contribution in [3.8, 4) is 0 Å². The maximum atomic E-state index is 12.5. The Bertz CT molecular complexity index is 297. The van der Waals surface area contributed by atoms with Gasteiger partial charge in [-0.1, -0.05) is 0 Å². The van der Waals surface area contributed by atoms with Gasteiger partial charge in [0.2, 0.25) is 5.91 Å². The molecule has 18 heavy (non-hydrogen) atoms. The van der Waals surface area contributed by atoms with Crippen LogP contribution in [0.3, 0.4) is 0 Å². The Hall–Kier alpha value is -0.430. The molecule has 104 valence electrons. The van der Waals surface area contributed by atoms with Crippen LogP contribution in [0.2, 0.25) is 0 Å². The lowest BCUT2D eigenvalue weighted by atomic mass is 9.85. The third-order valence-corrected chi connectivity index (χ3v) is 4.51. The van der Waals surface area contributed by atoms with E-state index in [1.54, 1.807) is 11.8 Å². The number of halogens is 3. The second-order valence-electron chi connectivity index (χ2n) is 4.87. The second-order valence-corrected chi connectivity index (χ2v) is 5.90. The van der Waals surface area contributed by atoms with Gasteiger partial charge >= 0.3 is 6.18 Å². The zero-order valence-electron chi connectivity index (χ0n) is 9.93. The molecule has 0 aromatic rings. The van der Waals surface area contributed by atoms with Crippen LogP contribution in [0.15, 0.2) is 0 Å². The second kappa shape index (κ2) is 5.69. The molecular weight excluding hydrogens is 265 g/mol. The highest BCUT2D eigenvalue weighted by Crippen LogP contribution is 2.37. The molecule has 1 aliphatic heterocycles. The van der Waals surface area contributed by atoms with E-state index < -0.39 is 12.1 Å². The summed E-state index contributed by atoms with van der Waals surface area (Å²) in [5.41, 5.74) is 0. The van der Waals surface area contributed by atoms with Gasteiger partial charge in [-0.2, -0.15) is 13.2 Å². The molecule has 1 aliphatic carbocycles. The molecule has 0 radical (unpaired) electrons. The summed E-state index contributed by atoms with van der Waals surface area (Å²) in [6, 6.07) is -0.279. The normalized spacial score (nSPS) is 33.4. The highest BCUT2D eigenvalue weighted by Gasteiger charge is 2.41. The summed E-state index contributed by atoms with van der Waals surface area (Å²) in [6.45, 7) is 0. The molecule has 0 bridgehead atoms. The summed E-state index contributed by atoms with van der Waals surface area (Å²) in [5.74, 6) is 0.240. The Morgan fingerprint density at radius 3 is 2.39 bits per heavy atom. The number of hydrogen-bond acceptors (Lipinski definition) is 3. The maximum Gasteiger partial charge on any atom is 0.391 e. The summed E-state index contributed by atoms with van der Waals surface area (Å²) >= 11 is 1.66. The van der Waals surface area contributed by atoms with Crippen LogP contribution >= 0.6 is 11.8 Å². The molecule has 2 rings (SSSR count). The smallest absolute Gasteiger partial charge is 0.352 e. The first-order valence-electron chi connectivity index (χ1n) is 6.15. The van der Waals surface area contributed by atoms with Crippen LogP contribution in [-0.2, 0) is 4.79 Å². The molecule has 1 saturated carbocycles. The van der Waals surface area contributed by atoms with Gasteiger partial charge < -0.3 is 5.32 Å². The van der Waals surface area contributed by atoms with Gasteiger partial charge in [0, 0.05) is 17.7 Å². The molecule has 1 unspecified atom stereocenters. The molecule has 2 fully saturated rings. The number of carbonyl (C=O) groups excluding carboxylic acids is 1. The fourth-order valence-corrected chi connectivity index (χ4v) is 3.37. The molecule has 2 N–H and O–H groups in total. The summed E-state index contributed by atoms with van der Waals surface area (Å²) in [4.78, 5) is 11.8. The number of hydrogen-bond donors (Lipinski definition) is 2. The van der Waals surface area contributed by atoms with Crippen molar-refractivity contribution in [2.24, 2.45) is 5.92 Å². The van der Waals surface area contributed by atoms with Crippen molar-refractivity contribution in [1.82, 2.24) is 10.6 Å². The van der Waals surface area contributed by atoms with Crippen LogP contribution < -0.4 is 10.6 Å². The molecule has 3 nitrogen and oxygen atoms in total. The minimum absolute atomic E-state index is 0.0736. The molecule has 0 aromatic carbocycles. The number of nitrogens with one attached hydrogen (secondary N) is 2. The molecule has 1 heterocycles. The highest BCUT2D eigenvalue weighted by atomic mass is 32.2. The van der Waals surface area contributed by atoms with E-state index in [-0.39, 0.29) is 30.8 Å². The molecule has 0 aromatic heterocycles. The minimum atomic E-state index is -4.08. The van der Waals surface area contributed by atoms with Gasteiger partial charge in [-0.3, -0.25) is 10.1 Å². The largest absolute Gasteiger partial charge is 0.391 e. The third-order valence-electron chi connectivity index (χ3n) is 3.57. The monoisotopic (exact) mass is 282 g/mol. The van der Waals surface area contributed by atoms with Crippen LogP contribution in [0.25, 0.3) is 0 Å². The Kier molecular flexibility index (Phi) is 4.42. The summed E-state index contributed by atoms with van der Waals surface area (Å²) < 4.78 is 37.4. The fraction of sp³-hybridized carbons (Fsp3) is 0.909. The van der Waals surface area contributed by atoms with Crippen molar-refractivity contribution in [3.05, 3.63) is 0 Å². The van der Waals surface area contributed by atoms with E-state index in [2.05, 4.69) is 10.6 Å². The third kappa shape index (κ3) is 3.54. The molecular formula is C11H17F3N2OS. The lowest BCUT2D eigenvalue weighted by molar-refractivity contribution is -0.182. The van der Waals surface area contributed by atoms with E-state index in [0.717, 1.165) is 11.6 Å². The predicted octanol–water partition coefficient (Wildman–Crippen LogP) is 1.89. The van der Waals surface area contributed by atoms with Crippen molar-refractivity contribution >= 4 is 17.7 Å². The summed E-state index contributed by atoms with van der Waals surface area (Å²) in [5, 5.41) is 5.90. The average molecular weight is 282 g/mol. The van der Waals surface area contributed by atoms with Gasteiger partial charge in [0.1, 0.15) is 0 Å². The van der Waals surface area contributed by atoms with Crippen molar-refractivity contribution < 1.29 is 18.0 Å². The lowest BCUT2D eigenvalue weighted by Crippen LogP contribution is -2.48. The predicted molar refractivity (Wildman–Crippen MR) is 64.2 cm³/mol. The number of rotatable bonds is 2. The SMILES string of the molecule is O=C(NC1CCC(C(F)(F)F)CC1)C1CSCN1. The number of thioether (sulfide) groups is 1. The van der Waals surface area contributed by atoms with Crippen LogP contribution in [0.1, 0.15) is 25.7 Å². The lowest BCUT2D eigenvalue weighted by Gasteiger charge is -2.30. The Balaban J connectivity index is 1.75. The molecule has 1 amide bonds. The van der Waals surface area contributed by atoms with Crippen molar-refractivity contribution in [1.29, 1.82) is 0 Å². The minimum Gasteiger partial charge on any atom is -0.352 e. The standard InChI is InChI=1S/C11H17F3N2OS/c12-11(13,14)7-1-3-8(4-2-7)16-10(17)9-5-18-6-15-9/h7-9,15H,1-6H2,(H,16,17). The van der Waals surface area contributed by atoms with Gasteiger partial charge in [-0.15, -0.1) is 11.8 Å². The van der Waals surface area contributed by atoms with E-state index in [4.69, 9.17) is 0 Å². The molecule has 0 spiro atoms. The van der Waals surface area contributed by atoms with Crippen molar-refractivity contribution in [3.63, 3.8) is 0 Å². The first-order chi connectivity index (χ1) is 8.47. The van der Waals surface area contributed by atoms with E-state index in [9.17, 15) is 18.0 Å². The fourth-order valence-electron chi connectivity index (χ4n) is 2.43. The first-order valence-corrected chi connectivity index (χ1v) is 7.30. The van der Waals surface area contributed by atoms with Gasteiger partial charge in [0.25, 0.3) is 0 Å². The number of amides is 1. The zero-order valence-corrected chi connectivity index (χ0v) is 10.7. The van der Waals surface area contributed by atoms with Crippen LogP contribution in [-0.4, -0.2) is 35.8 Å². The zero-order chi connectivity index (χ0) is 13.2. The summed E-state index contributed by atoms with van der Waals surface area (Å²) in [6.07, 6.45) is -2.98.